The maximum absolute atomic E-state index is 6.04. The van der Waals surface area contributed by atoms with Gasteiger partial charge in [-0.15, -0.1) is 0 Å². The molecular formula is C19H18ClN3S. The van der Waals surface area contributed by atoms with E-state index in [9.17, 15) is 0 Å². The fraction of sp³-hybridized carbons (Fsp3) is 0.211. The van der Waals surface area contributed by atoms with Gasteiger partial charge in [0.2, 0.25) is 0 Å². The summed E-state index contributed by atoms with van der Waals surface area (Å²) < 4.78 is 0. The van der Waals surface area contributed by atoms with Crippen molar-refractivity contribution in [3.8, 4) is 0 Å². The number of nitrogens with one attached hydrogen (secondary N) is 1. The van der Waals surface area contributed by atoms with Crippen LogP contribution in [0, 0.1) is 0 Å². The third-order valence-corrected chi connectivity index (χ3v) is 5.72. The molecule has 5 heteroatoms. The zero-order valence-electron chi connectivity index (χ0n) is 13.1. The largest absolute Gasteiger partial charge is 0.339 e. The van der Waals surface area contributed by atoms with Gasteiger partial charge in [0, 0.05) is 32.4 Å². The van der Waals surface area contributed by atoms with Crippen LogP contribution in [0.2, 0.25) is 5.02 Å². The number of pyridine rings is 1. The number of nitrogens with two attached hydrogens (primary N) is 1. The number of fused-ring (bicyclic) bond motifs is 1. The molecule has 3 nitrogen and oxygen atoms in total. The van der Waals surface area contributed by atoms with Gasteiger partial charge in [0.05, 0.1) is 5.69 Å². The molecule has 0 bridgehead atoms. The Morgan fingerprint density at radius 1 is 1.21 bits per heavy atom. The Kier molecular flexibility index (Phi) is 4.35. The zero-order chi connectivity index (χ0) is 16.5. The number of benzene rings is 1. The summed E-state index contributed by atoms with van der Waals surface area (Å²) in [6, 6.07) is 12.3. The first-order chi connectivity index (χ1) is 11.7. The van der Waals surface area contributed by atoms with E-state index in [0.29, 0.717) is 0 Å². The molecule has 0 radical (unpaired) electrons. The number of H-pyrrole nitrogens is 1. The van der Waals surface area contributed by atoms with Crippen molar-refractivity contribution >= 4 is 40.0 Å². The number of halogens is 1. The maximum atomic E-state index is 6.04. The SMILES string of the molecule is NC1CC=C(c2[nH]c3ncccc3c2Sc2ccc(Cl)cc2)CC1. The monoisotopic (exact) mass is 355 g/mol. The van der Waals surface area contributed by atoms with Crippen molar-refractivity contribution in [1.82, 2.24) is 9.97 Å². The second-order valence-corrected chi connectivity index (χ2v) is 7.57. The quantitative estimate of drug-likeness (QED) is 0.673. The van der Waals surface area contributed by atoms with Gasteiger partial charge in [-0.1, -0.05) is 29.4 Å². The lowest BCUT2D eigenvalue weighted by atomic mass is 9.94. The van der Waals surface area contributed by atoms with E-state index in [4.69, 9.17) is 17.3 Å². The summed E-state index contributed by atoms with van der Waals surface area (Å²) in [6.45, 7) is 0. The Balaban J connectivity index is 1.79. The molecular weight excluding hydrogens is 338 g/mol. The van der Waals surface area contributed by atoms with Gasteiger partial charge in [-0.2, -0.15) is 0 Å². The number of nitrogens with zero attached hydrogens (tertiary/aromatic N) is 1. The van der Waals surface area contributed by atoms with Gasteiger partial charge < -0.3 is 10.7 Å². The molecule has 3 aromatic rings. The average Bonchev–Trinajstić information content (AvgIpc) is 2.96. The first kappa shape index (κ1) is 15.8. The average molecular weight is 356 g/mol. The van der Waals surface area contributed by atoms with E-state index in [1.54, 1.807) is 11.8 Å². The van der Waals surface area contributed by atoms with E-state index in [-0.39, 0.29) is 6.04 Å². The standard InChI is InChI=1S/C19H18ClN3S/c20-13-5-9-15(10-6-13)24-18-16-2-1-11-22-19(16)23-17(18)12-3-7-14(21)8-4-12/h1-3,5-6,9-11,14H,4,7-8,21H2,(H,22,23). The van der Waals surface area contributed by atoms with Gasteiger partial charge >= 0.3 is 0 Å². The molecule has 0 fully saturated rings. The minimum absolute atomic E-state index is 0.281. The van der Waals surface area contributed by atoms with Gasteiger partial charge in [-0.25, -0.2) is 4.98 Å². The van der Waals surface area contributed by atoms with E-state index < -0.39 is 0 Å². The summed E-state index contributed by atoms with van der Waals surface area (Å²) in [5.41, 5.74) is 9.49. The second kappa shape index (κ2) is 6.63. The van der Waals surface area contributed by atoms with Gasteiger partial charge in [0.1, 0.15) is 5.65 Å². The van der Waals surface area contributed by atoms with Crippen LogP contribution < -0.4 is 5.73 Å². The number of allylic oxidation sites excluding steroid dienone is 1. The lowest BCUT2D eigenvalue weighted by Crippen LogP contribution is -2.21. The lowest BCUT2D eigenvalue weighted by molar-refractivity contribution is 0.613. The predicted molar refractivity (Wildman–Crippen MR) is 101 cm³/mol. The molecule has 0 amide bonds. The Bertz CT molecular complexity index is 899. The second-order valence-electron chi connectivity index (χ2n) is 6.05. The Morgan fingerprint density at radius 3 is 2.79 bits per heavy atom. The van der Waals surface area contributed by atoms with Crippen LogP contribution in [0.4, 0.5) is 0 Å². The first-order valence-corrected chi connectivity index (χ1v) is 9.25. The molecule has 0 aliphatic heterocycles. The molecule has 1 atom stereocenters. The highest BCUT2D eigenvalue weighted by Gasteiger charge is 2.19. The van der Waals surface area contributed by atoms with Crippen molar-refractivity contribution in [3.05, 3.63) is 59.4 Å². The molecule has 2 aromatic heterocycles. The number of aromatic nitrogens is 2. The third kappa shape index (κ3) is 3.09. The van der Waals surface area contributed by atoms with Crippen LogP contribution in [0.1, 0.15) is 25.0 Å². The Hall–Kier alpha value is -1.75. The molecule has 0 saturated heterocycles. The highest BCUT2D eigenvalue weighted by atomic mass is 35.5. The van der Waals surface area contributed by atoms with Crippen molar-refractivity contribution in [1.29, 1.82) is 0 Å². The van der Waals surface area contributed by atoms with Crippen LogP contribution in [0.3, 0.4) is 0 Å². The van der Waals surface area contributed by atoms with Crippen LogP contribution in [0.25, 0.3) is 16.6 Å². The number of hydrogen-bond acceptors (Lipinski definition) is 3. The summed E-state index contributed by atoms with van der Waals surface area (Å²) in [5, 5.41) is 1.91. The van der Waals surface area contributed by atoms with E-state index in [1.165, 1.54) is 21.1 Å². The highest BCUT2D eigenvalue weighted by Crippen LogP contribution is 2.41. The fourth-order valence-corrected chi connectivity index (χ4v) is 4.22. The number of rotatable bonds is 3. The minimum Gasteiger partial charge on any atom is -0.339 e. The van der Waals surface area contributed by atoms with Crippen LogP contribution >= 0.6 is 23.4 Å². The number of aromatic amines is 1. The van der Waals surface area contributed by atoms with Crippen molar-refractivity contribution < 1.29 is 0 Å². The van der Waals surface area contributed by atoms with Crippen LogP contribution in [-0.4, -0.2) is 16.0 Å². The topological polar surface area (TPSA) is 54.7 Å². The molecule has 24 heavy (non-hydrogen) atoms. The first-order valence-electron chi connectivity index (χ1n) is 8.06. The lowest BCUT2D eigenvalue weighted by Gasteiger charge is -2.18. The van der Waals surface area contributed by atoms with E-state index in [0.717, 1.165) is 35.3 Å². The maximum Gasteiger partial charge on any atom is 0.138 e. The van der Waals surface area contributed by atoms with Gasteiger partial charge in [0.25, 0.3) is 0 Å². The smallest absolute Gasteiger partial charge is 0.138 e. The normalized spacial score (nSPS) is 17.9. The molecule has 1 aliphatic carbocycles. The highest BCUT2D eigenvalue weighted by molar-refractivity contribution is 7.99. The fourth-order valence-electron chi connectivity index (χ4n) is 3.03. The van der Waals surface area contributed by atoms with Crippen molar-refractivity contribution in [3.63, 3.8) is 0 Å². The predicted octanol–water partition coefficient (Wildman–Crippen LogP) is 5.26. The van der Waals surface area contributed by atoms with E-state index >= 15 is 0 Å². The van der Waals surface area contributed by atoms with E-state index in [1.807, 2.05) is 24.4 Å². The van der Waals surface area contributed by atoms with Crippen LogP contribution in [0.15, 0.2) is 58.5 Å². The molecule has 122 valence electrons. The summed E-state index contributed by atoms with van der Waals surface area (Å²) in [4.78, 5) is 10.4. The molecule has 2 heterocycles. The molecule has 0 spiro atoms. The molecule has 1 unspecified atom stereocenters. The molecule has 1 aliphatic rings. The molecule has 1 aromatic carbocycles. The number of hydrogen-bond donors (Lipinski definition) is 2. The van der Waals surface area contributed by atoms with Crippen molar-refractivity contribution in [2.24, 2.45) is 5.73 Å². The molecule has 0 saturated carbocycles. The van der Waals surface area contributed by atoms with Crippen molar-refractivity contribution in [2.75, 3.05) is 0 Å². The van der Waals surface area contributed by atoms with Crippen LogP contribution in [-0.2, 0) is 0 Å². The minimum atomic E-state index is 0.281. The Labute approximate surface area is 150 Å². The van der Waals surface area contributed by atoms with Gasteiger partial charge in [-0.05, 0) is 61.2 Å². The Morgan fingerprint density at radius 2 is 2.04 bits per heavy atom. The van der Waals surface area contributed by atoms with Gasteiger partial charge in [-0.3, -0.25) is 0 Å². The third-order valence-electron chi connectivity index (χ3n) is 4.33. The van der Waals surface area contributed by atoms with E-state index in [2.05, 4.69) is 34.2 Å². The summed E-state index contributed by atoms with van der Waals surface area (Å²) in [7, 11) is 0. The molecule has 3 N–H and O–H groups in total. The zero-order valence-corrected chi connectivity index (χ0v) is 14.7. The summed E-state index contributed by atoms with van der Waals surface area (Å²) in [6.07, 6.45) is 7.06. The van der Waals surface area contributed by atoms with Crippen molar-refractivity contribution in [2.45, 2.75) is 35.1 Å². The molecule has 4 rings (SSSR count). The summed E-state index contributed by atoms with van der Waals surface area (Å²) in [5.74, 6) is 0. The summed E-state index contributed by atoms with van der Waals surface area (Å²) >= 11 is 7.76. The van der Waals surface area contributed by atoms with Crippen LogP contribution in [0.5, 0.6) is 0 Å². The van der Waals surface area contributed by atoms with Gasteiger partial charge in [0.15, 0.2) is 0 Å².